The summed E-state index contributed by atoms with van der Waals surface area (Å²) in [5.41, 5.74) is 0.616. The summed E-state index contributed by atoms with van der Waals surface area (Å²) >= 11 is 6.03. The summed E-state index contributed by atoms with van der Waals surface area (Å²) in [7, 11) is 0. The molecule has 0 radical (unpaired) electrons. The van der Waals surface area contributed by atoms with Crippen LogP contribution in [-0.2, 0) is 4.79 Å². The molecular weight excluding hydrogens is 411 g/mol. The van der Waals surface area contributed by atoms with Crippen LogP contribution in [0.25, 0.3) is 16.6 Å². The number of amidine groups is 1. The Morgan fingerprint density at radius 1 is 1.17 bits per heavy atom. The van der Waals surface area contributed by atoms with Gasteiger partial charge < -0.3 is 10.6 Å². The van der Waals surface area contributed by atoms with E-state index in [0.29, 0.717) is 34.8 Å². The molecule has 2 aromatic carbocycles. The Kier molecular flexibility index (Phi) is 5.53. The van der Waals surface area contributed by atoms with E-state index >= 15 is 0 Å². The number of amides is 1. The number of halogens is 2. The number of aromatic nitrogens is 2. The average Bonchev–Trinajstić information content (AvgIpc) is 2.75. The molecule has 0 saturated carbocycles. The molecule has 3 aromatic rings. The van der Waals surface area contributed by atoms with Crippen molar-refractivity contribution < 1.29 is 9.18 Å². The molecule has 8 nitrogen and oxygen atoms in total. The lowest BCUT2D eigenvalue weighted by molar-refractivity contribution is -0.123. The van der Waals surface area contributed by atoms with Gasteiger partial charge in [0.15, 0.2) is 0 Å². The van der Waals surface area contributed by atoms with E-state index in [0.717, 1.165) is 5.84 Å². The molecule has 0 fully saturated rings. The van der Waals surface area contributed by atoms with Crippen LogP contribution in [0.15, 0.2) is 63.6 Å². The minimum Gasteiger partial charge on any atom is -0.336 e. The third-order valence-corrected chi connectivity index (χ3v) is 4.88. The molecule has 5 rings (SSSR count). The predicted molar refractivity (Wildman–Crippen MR) is 113 cm³/mol. The van der Waals surface area contributed by atoms with Crippen LogP contribution in [-0.4, -0.2) is 40.8 Å². The van der Waals surface area contributed by atoms with Gasteiger partial charge in [0.1, 0.15) is 30.6 Å². The molecule has 2 aliphatic heterocycles. The van der Waals surface area contributed by atoms with E-state index in [-0.39, 0.29) is 17.4 Å². The van der Waals surface area contributed by atoms with Crippen LogP contribution in [0.4, 0.5) is 4.39 Å². The van der Waals surface area contributed by atoms with Crippen LogP contribution in [0.3, 0.4) is 0 Å². The molecule has 1 aromatic heterocycles. The maximum Gasteiger partial charge on any atom is 0.267 e. The normalized spacial score (nSPS) is 17.2. The Hall–Kier alpha value is -3.59. The lowest BCUT2D eigenvalue weighted by Gasteiger charge is -2.23. The number of fused-ring (bicyclic) bond motifs is 2. The van der Waals surface area contributed by atoms with Crippen molar-refractivity contribution in [3.63, 3.8) is 0 Å². The number of rotatable bonds is 1. The monoisotopic (exact) mass is 426 g/mol. The fourth-order valence-electron chi connectivity index (χ4n) is 3.08. The molecule has 10 heteroatoms. The fourth-order valence-corrected chi connectivity index (χ4v) is 3.33. The maximum absolute atomic E-state index is 13.2. The molecule has 152 valence electrons. The van der Waals surface area contributed by atoms with E-state index in [1.807, 2.05) is 0 Å². The molecule has 1 atom stereocenters. The lowest BCUT2D eigenvalue weighted by atomic mass is 10.1. The Bertz CT molecular complexity index is 1240. The highest BCUT2D eigenvalue weighted by Gasteiger charge is 2.28. The van der Waals surface area contributed by atoms with Gasteiger partial charge in [0, 0.05) is 0 Å². The van der Waals surface area contributed by atoms with Gasteiger partial charge in [-0.05, 0) is 30.3 Å². The largest absolute Gasteiger partial charge is 0.336 e. The predicted octanol–water partition coefficient (Wildman–Crippen LogP) is 1.90. The standard InChI is InChI=1S/C14H8ClFN2O.C6H8N4O/c15-11-5-2-6-12-13(11)14(19)18(8-17-12)10-4-1-3-9(16)7-10;11-6-4-1-7-2-8-5(4)9-3-10-6/h1-8H;2,4H,1,3H2,(H,10,11)(H,7,8,9). The van der Waals surface area contributed by atoms with Gasteiger partial charge in [-0.3, -0.25) is 24.1 Å². The van der Waals surface area contributed by atoms with E-state index in [1.165, 1.54) is 29.1 Å². The summed E-state index contributed by atoms with van der Waals surface area (Å²) in [6.45, 7) is 0.892. The van der Waals surface area contributed by atoms with Gasteiger partial charge in [-0.2, -0.15) is 0 Å². The summed E-state index contributed by atoms with van der Waals surface area (Å²) in [4.78, 5) is 35.7. The van der Waals surface area contributed by atoms with E-state index < -0.39 is 5.82 Å². The van der Waals surface area contributed by atoms with Crippen molar-refractivity contribution in [1.29, 1.82) is 0 Å². The second-order valence-electron chi connectivity index (χ2n) is 6.47. The number of hydrogen-bond acceptors (Lipinski definition) is 6. The number of aliphatic imine (C=N–C) groups is 2. The molecule has 0 spiro atoms. The minimum atomic E-state index is -0.413. The smallest absolute Gasteiger partial charge is 0.267 e. The summed E-state index contributed by atoms with van der Waals surface area (Å²) in [5, 5.41) is 6.15. The van der Waals surface area contributed by atoms with Gasteiger partial charge in [-0.25, -0.2) is 9.37 Å². The van der Waals surface area contributed by atoms with Gasteiger partial charge in [-0.15, -0.1) is 0 Å². The fraction of sp³-hybridized carbons (Fsp3) is 0.150. The Morgan fingerprint density at radius 2 is 2.00 bits per heavy atom. The van der Waals surface area contributed by atoms with E-state index in [1.54, 1.807) is 30.6 Å². The van der Waals surface area contributed by atoms with Crippen molar-refractivity contribution in [2.75, 3.05) is 13.2 Å². The second kappa shape index (κ2) is 8.42. The summed E-state index contributed by atoms with van der Waals surface area (Å²) in [6, 6.07) is 10.8. The van der Waals surface area contributed by atoms with Crippen molar-refractivity contribution in [2.45, 2.75) is 0 Å². The van der Waals surface area contributed by atoms with Crippen LogP contribution in [0.2, 0.25) is 5.02 Å². The van der Waals surface area contributed by atoms with Crippen molar-refractivity contribution in [3.8, 4) is 5.69 Å². The zero-order valence-electron chi connectivity index (χ0n) is 15.5. The first-order valence-electron chi connectivity index (χ1n) is 9.03. The van der Waals surface area contributed by atoms with Gasteiger partial charge in [0.05, 0.1) is 34.5 Å². The number of hydrogen-bond donors (Lipinski definition) is 2. The second-order valence-corrected chi connectivity index (χ2v) is 6.87. The quantitative estimate of drug-likeness (QED) is 0.620. The van der Waals surface area contributed by atoms with Crippen molar-refractivity contribution in [2.24, 2.45) is 15.9 Å². The molecule has 0 bridgehead atoms. The third kappa shape index (κ3) is 3.92. The van der Waals surface area contributed by atoms with E-state index in [2.05, 4.69) is 25.6 Å². The number of nitrogens with one attached hydrogen (secondary N) is 2. The van der Waals surface area contributed by atoms with Crippen molar-refractivity contribution in [1.82, 2.24) is 20.2 Å². The highest BCUT2D eigenvalue weighted by atomic mass is 35.5. The molecule has 30 heavy (non-hydrogen) atoms. The highest BCUT2D eigenvalue weighted by molar-refractivity contribution is 6.35. The third-order valence-electron chi connectivity index (χ3n) is 4.56. The van der Waals surface area contributed by atoms with Gasteiger partial charge in [-0.1, -0.05) is 23.7 Å². The number of nitrogens with zero attached hydrogens (tertiary/aromatic N) is 4. The topological polar surface area (TPSA) is 101 Å². The molecule has 3 heterocycles. The summed E-state index contributed by atoms with van der Waals surface area (Å²) in [6.07, 6.45) is 2.95. The first-order chi connectivity index (χ1) is 14.5. The van der Waals surface area contributed by atoms with Crippen LogP contribution >= 0.6 is 11.6 Å². The Labute approximate surface area is 175 Å². The molecule has 1 unspecified atom stereocenters. The maximum atomic E-state index is 13.2. The van der Waals surface area contributed by atoms with Crippen LogP contribution in [0.5, 0.6) is 0 Å². The molecular formula is C20H16ClFN6O2. The average molecular weight is 427 g/mol. The van der Waals surface area contributed by atoms with Gasteiger partial charge >= 0.3 is 0 Å². The highest BCUT2D eigenvalue weighted by Crippen LogP contribution is 2.18. The molecule has 0 saturated heterocycles. The number of carbonyl (C=O) groups excluding carboxylic acids is 1. The Morgan fingerprint density at radius 3 is 2.80 bits per heavy atom. The molecule has 2 N–H and O–H groups in total. The van der Waals surface area contributed by atoms with Crippen molar-refractivity contribution in [3.05, 3.63) is 70.0 Å². The van der Waals surface area contributed by atoms with E-state index in [4.69, 9.17) is 11.6 Å². The number of benzene rings is 2. The van der Waals surface area contributed by atoms with Crippen LogP contribution in [0, 0.1) is 11.7 Å². The van der Waals surface area contributed by atoms with Gasteiger partial charge in [0.2, 0.25) is 5.91 Å². The molecule has 0 aliphatic carbocycles. The SMILES string of the molecule is O=C1NCN=C2NC=NCC12.O=c1c2c(Cl)cccc2ncn1-c1cccc(F)c1. The van der Waals surface area contributed by atoms with Crippen LogP contribution in [0.1, 0.15) is 0 Å². The number of carbonyl (C=O) groups is 1. The van der Waals surface area contributed by atoms with E-state index in [9.17, 15) is 14.0 Å². The molecule has 1 amide bonds. The van der Waals surface area contributed by atoms with Crippen LogP contribution < -0.4 is 16.2 Å². The Balaban J connectivity index is 0.000000168. The van der Waals surface area contributed by atoms with Crippen molar-refractivity contribution >= 4 is 40.6 Å². The molecule has 2 aliphatic rings. The summed E-state index contributed by atoms with van der Waals surface area (Å²) < 4.78 is 14.5. The summed E-state index contributed by atoms with van der Waals surface area (Å²) in [5.74, 6) is 0.153. The first-order valence-corrected chi connectivity index (χ1v) is 9.41. The zero-order valence-corrected chi connectivity index (χ0v) is 16.3. The first kappa shape index (κ1) is 19.7. The minimum absolute atomic E-state index is 0.0133. The zero-order chi connectivity index (χ0) is 21.1. The lowest BCUT2D eigenvalue weighted by Crippen LogP contribution is -2.49. The van der Waals surface area contributed by atoms with Gasteiger partial charge in [0.25, 0.3) is 5.56 Å².